The van der Waals surface area contributed by atoms with E-state index in [-0.39, 0.29) is 5.91 Å². The van der Waals surface area contributed by atoms with Gasteiger partial charge in [-0.05, 0) is 61.7 Å². The summed E-state index contributed by atoms with van der Waals surface area (Å²) in [5.41, 5.74) is 12.0. The number of aromatic nitrogens is 3. The number of fused-ring (bicyclic) bond motifs is 4. The van der Waals surface area contributed by atoms with E-state index >= 15 is 0 Å². The van der Waals surface area contributed by atoms with Crippen molar-refractivity contribution in [1.82, 2.24) is 30.5 Å². The van der Waals surface area contributed by atoms with Crippen LogP contribution in [0.25, 0.3) is 33.1 Å². The van der Waals surface area contributed by atoms with Gasteiger partial charge in [-0.15, -0.1) is 0 Å². The molecule has 156 valence electrons. The molecule has 0 saturated carbocycles. The molecule has 0 bridgehead atoms. The molecule has 30 heavy (non-hydrogen) atoms. The first-order valence-electron chi connectivity index (χ1n) is 9.96. The van der Waals surface area contributed by atoms with Gasteiger partial charge >= 0.3 is 0 Å². The Morgan fingerprint density at radius 1 is 1.10 bits per heavy atom. The van der Waals surface area contributed by atoms with Crippen LogP contribution < -0.4 is 10.9 Å². The van der Waals surface area contributed by atoms with Crippen LogP contribution in [0, 0.1) is 13.8 Å². The first-order valence-corrected chi connectivity index (χ1v) is 10.3. The average molecular weight is 425 g/mol. The first kappa shape index (κ1) is 20.5. The maximum absolute atomic E-state index is 13.3. The molecule has 4 rings (SSSR count). The molecule has 2 aromatic carbocycles. The highest BCUT2D eigenvalue weighted by Gasteiger charge is 2.28. The van der Waals surface area contributed by atoms with E-state index < -0.39 is 6.04 Å². The van der Waals surface area contributed by atoms with Gasteiger partial charge in [0, 0.05) is 24.5 Å². The molecular formula is C22H25ClN6O. The van der Waals surface area contributed by atoms with Gasteiger partial charge in [0.2, 0.25) is 0 Å². The van der Waals surface area contributed by atoms with E-state index in [4.69, 9.17) is 21.6 Å². The summed E-state index contributed by atoms with van der Waals surface area (Å²) in [5, 5.41) is 2.89. The second kappa shape index (κ2) is 7.83. The number of hydrazine groups is 2. The Bertz CT molecular complexity index is 1280. The van der Waals surface area contributed by atoms with E-state index in [9.17, 15) is 4.79 Å². The predicted octanol–water partition coefficient (Wildman–Crippen LogP) is 4.06. The monoisotopic (exact) mass is 424 g/mol. The van der Waals surface area contributed by atoms with Crippen molar-refractivity contribution < 1.29 is 4.79 Å². The van der Waals surface area contributed by atoms with Gasteiger partial charge in [-0.2, -0.15) is 0 Å². The first-order chi connectivity index (χ1) is 14.4. The van der Waals surface area contributed by atoms with Gasteiger partial charge in [0.25, 0.3) is 5.91 Å². The van der Waals surface area contributed by atoms with E-state index in [0.717, 1.165) is 33.0 Å². The molecule has 1 amide bonds. The Hall–Kier alpha value is -2.74. The van der Waals surface area contributed by atoms with Gasteiger partial charge in [-0.3, -0.25) is 4.79 Å². The highest BCUT2D eigenvalue weighted by atomic mass is 35.5. The molecule has 0 fully saturated rings. The van der Waals surface area contributed by atoms with Crippen LogP contribution in [0.4, 0.5) is 0 Å². The average Bonchev–Trinajstić information content (AvgIpc) is 3.02. The summed E-state index contributed by atoms with van der Waals surface area (Å²) in [5.74, 6) is -0.113. The molecule has 0 radical (unpaired) electrons. The molecule has 1 atom stereocenters. The topological polar surface area (TPSA) is 75.1 Å². The van der Waals surface area contributed by atoms with Crippen molar-refractivity contribution in [2.75, 3.05) is 14.1 Å². The summed E-state index contributed by atoms with van der Waals surface area (Å²) in [6, 6.07) is 9.28. The van der Waals surface area contributed by atoms with Crippen LogP contribution >= 0.6 is 11.6 Å². The van der Waals surface area contributed by atoms with Crippen molar-refractivity contribution in [1.29, 1.82) is 0 Å². The van der Waals surface area contributed by atoms with Gasteiger partial charge in [0.15, 0.2) is 5.65 Å². The van der Waals surface area contributed by atoms with E-state index in [1.54, 1.807) is 14.1 Å². The van der Waals surface area contributed by atoms with Gasteiger partial charge in [-0.1, -0.05) is 18.5 Å². The number of aryl methyl sites for hydroxylation is 2. The Morgan fingerprint density at radius 3 is 2.33 bits per heavy atom. The smallest absolute Gasteiger partial charge is 0.274 e. The lowest BCUT2D eigenvalue weighted by Gasteiger charge is -2.26. The van der Waals surface area contributed by atoms with Crippen LogP contribution in [0.2, 0.25) is 5.02 Å². The molecule has 2 heterocycles. The fourth-order valence-corrected chi connectivity index (χ4v) is 4.11. The molecule has 2 aromatic heterocycles. The van der Waals surface area contributed by atoms with Gasteiger partial charge in [-0.25, -0.2) is 25.9 Å². The summed E-state index contributed by atoms with van der Waals surface area (Å²) in [6.45, 7) is 6.12. The zero-order valence-electron chi connectivity index (χ0n) is 17.7. The summed E-state index contributed by atoms with van der Waals surface area (Å²) in [6.07, 6.45) is 0.590. The zero-order valence-corrected chi connectivity index (χ0v) is 18.5. The predicted molar refractivity (Wildman–Crippen MR) is 121 cm³/mol. The largest absolute Gasteiger partial charge is 0.311 e. The fourth-order valence-electron chi connectivity index (χ4n) is 3.94. The van der Waals surface area contributed by atoms with Crippen LogP contribution in [0.3, 0.4) is 0 Å². The molecular weight excluding hydrogens is 400 g/mol. The van der Waals surface area contributed by atoms with E-state index in [0.29, 0.717) is 17.1 Å². The normalized spacial score (nSPS) is 12.7. The molecule has 0 aliphatic carbocycles. The molecule has 0 saturated heterocycles. The van der Waals surface area contributed by atoms with Gasteiger partial charge in [0.1, 0.15) is 11.6 Å². The summed E-state index contributed by atoms with van der Waals surface area (Å²) in [4.78, 5) is 23.1. The highest BCUT2D eigenvalue weighted by Crippen LogP contribution is 2.34. The standard InChI is InChI=1S/C22H25ClN6O/c1-6-18(22(30)29(24-4)25-5)28-19-8-7-14(23)11-15(19)20-21(28)27-17-10-13(3)12(2)9-16(17)26-20/h7-11,18,24-25H,6H2,1-5H3. The number of rotatable bonds is 5. The SMILES string of the molecule is CCC(C(=O)N(NC)NC)n1c2ccc(Cl)cc2c2nc3cc(C)c(C)cc3nc21. The molecule has 0 aliphatic heterocycles. The number of hydrogen-bond donors (Lipinski definition) is 2. The molecule has 4 aromatic rings. The minimum Gasteiger partial charge on any atom is -0.311 e. The van der Waals surface area contributed by atoms with Crippen LogP contribution in [0.15, 0.2) is 30.3 Å². The number of benzene rings is 2. The number of amides is 1. The lowest BCUT2D eigenvalue weighted by atomic mass is 10.1. The maximum Gasteiger partial charge on any atom is 0.274 e. The minimum atomic E-state index is -0.468. The number of nitrogens with zero attached hydrogens (tertiary/aromatic N) is 4. The molecule has 0 aliphatic rings. The van der Waals surface area contributed by atoms with E-state index in [1.165, 1.54) is 10.7 Å². The summed E-state index contributed by atoms with van der Waals surface area (Å²) in [7, 11) is 3.40. The van der Waals surface area contributed by atoms with Gasteiger partial charge < -0.3 is 4.57 Å². The van der Waals surface area contributed by atoms with Crippen molar-refractivity contribution in [3.63, 3.8) is 0 Å². The van der Waals surface area contributed by atoms with Crippen molar-refractivity contribution in [3.8, 4) is 0 Å². The molecule has 0 spiro atoms. The Morgan fingerprint density at radius 2 is 1.73 bits per heavy atom. The van der Waals surface area contributed by atoms with Crippen LogP contribution in [0.1, 0.15) is 30.5 Å². The summed E-state index contributed by atoms with van der Waals surface area (Å²) < 4.78 is 1.98. The Kier molecular flexibility index (Phi) is 5.36. The van der Waals surface area contributed by atoms with Crippen LogP contribution in [-0.4, -0.2) is 39.7 Å². The lowest BCUT2D eigenvalue weighted by Crippen LogP contribution is -2.51. The van der Waals surface area contributed by atoms with Crippen molar-refractivity contribution in [2.24, 2.45) is 0 Å². The quantitative estimate of drug-likeness (QED) is 0.472. The highest BCUT2D eigenvalue weighted by molar-refractivity contribution is 6.31. The van der Waals surface area contributed by atoms with E-state index in [2.05, 4.69) is 30.8 Å². The Labute approximate surface area is 180 Å². The third kappa shape index (κ3) is 3.19. The van der Waals surface area contributed by atoms with E-state index in [1.807, 2.05) is 35.8 Å². The van der Waals surface area contributed by atoms with Gasteiger partial charge in [0.05, 0.1) is 16.6 Å². The van der Waals surface area contributed by atoms with Crippen LogP contribution in [0.5, 0.6) is 0 Å². The zero-order chi connectivity index (χ0) is 21.6. The molecule has 7 nitrogen and oxygen atoms in total. The lowest BCUT2D eigenvalue weighted by molar-refractivity contribution is -0.141. The number of halogens is 1. The molecule has 1 unspecified atom stereocenters. The number of carbonyl (C=O) groups is 1. The minimum absolute atomic E-state index is 0.113. The third-order valence-electron chi connectivity index (χ3n) is 5.61. The van der Waals surface area contributed by atoms with Crippen molar-refractivity contribution >= 4 is 50.6 Å². The maximum atomic E-state index is 13.3. The number of hydrogen-bond acceptors (Lipinski definition) is 5. The summed E-state index contributed by atoms with van der Waals surface area (Å²) >= 11 is 6.31. The molecule has 8 heteroatoms. The number of carbonyl (C=O) groups excluding carboxylic acids is 1. The second-order valence-corrected chi connectivity index (χ2v) is 7.83. The fraction of sp³-hybridized carbons (Fsp3) is 0.318. The van der Waals surface area contributed by atoms with Crippen LogP contribution in [-0.2, 0) is 4.79 Å². The third-order valence-corrected chi connectivity index (χ3v) is 5.85. The number of nitrogens with one attached hydrogen (secondary N) is 2. The van der Waals surface area contributed by atoms with Crippen molar-refractivity contribution in [2.45, 2.75) is 33.2 Å². The second-order valence-electron chi connectivity index (χ2n) is 7.40. The Balaban J connectivity index is 2.09. The molecule has 2 N–H and O–H groups in total. The van der Waals surface area contributed by atoms with Crippen molar-refractivity contribution in [3.05, 3.63) is 46.5 Å².